The van der Waals surface area contributed by atoms with Gasteiger partial charge in [0.25, 0.3) is 0 Å². The molecule has 1 heterocycles. The zero-order chi connectivity index (χ0) is 19.9. The number of hydrogen-bond donors (Lipinski definition) is 2. The van der Waals surface area contributed by atoms with Gasteiger partial charge in [0.05, 0.1) is 6.42 Å². The van der Waals surface area contributed by atoms with Crippen molar-refractivity contribution in [2.45, 2.75) is 45.2 Å². The fourth-order valence-electron chi connectivity index (χ4n) is 2.41. The van der Waals surface area contributed by atoms with Crippen molar-refractivity contribution in [2.75, 3.05) is 4.72 Å². The van der Waals surface area contributed by atoms with Crippen LogP contribution in [0.2, 0.25) is 0 Å². The highest BCUT2D eigenvalue weighted by Crippen LogP contribution is 2.30. The summed E-state index contributed by atoms with van der Waals surface area (Å²) in [7, 11) is -5.52. The number of nitrogens with one attached hydrogen (secondary N) is 2. The molecule has 0 saturated carbocycles. The number of fused-ring (bicyclic) bond motifs is 1. The molecule has 6 nitrogen and oxygen atoms in total. The minimum absolute atomic E-state index is 0.0986. The maximum absolute atomic E-state index is 12.5. The van der Waals surface area contributed by atoms with Crippen LogP contribution < -0.4 is 4.72 Å². The molecule has 0 aliphatic rings. The molecule has 0 amide bonds. The van der Waals surface area contributed by atoms with Crippen molar-refractivity contribution in [2.24, 2.45) is 0 Å². The molecule has 10 heteroatoms. The number of aromatic nitrogens is 1. The van der Waals surface area contributed by atoms with Crippen LogP contribution in [0.4, 0.5) is 18.9 Å². The summed E-state index contributed by atoms with van der Waals surface area (Å²) in [6, 6.07) is 3.90. The SMILES string of the molecule is Cc1[nH]c2ccc(NS(=O)(=O)C(F)(F)F)cc2c1CC(=O)OC(C)(C)C. The Morgan fingerprint density at radius 2 is 1.85 bits per heavy atom. The molecule has 0 spiro atoms. The first-order chi connectivity index (χ1) is 11.7. The third kappa shape index (κ3) is 4.48. The molecule has 0 fully saturated rings. The normalized spacial score (nSPS) is 13.0. The number of alkyl halides is 3. The second kappa shape index (κ2) is 6.49. The average Bonchev–Trinajstić information content (AvgIpc) is 2.71. The Hall–Kier alpha value is -2.23. The van der Waals surface area contributed by atoms with E-state index in [2.05, 4.69) is 4.98 Å². The number of benzene rings is 1. The van der Waals surface area contributed by atoms with Gasteiger partial charge in [0.2, 0.25) is 0 Å². The summed E-state index contributed by atoms with van der Waals surface area (Å²) in [6.07, 6.45) is -0.0986. The number of sulfonamides is 1. The summed E-state index contributed by atoms with van der Waals surface area (Å²) >= 11 is 0. The fourth-order valence-corrected chi connectivity index (χ4v) is 2.96. The van der Waals surface area contributed by atoms with Crippen molar-refractivity contribution in [1.82, 2.24) is 4.98 Å². The predicted octanol–water partition coefficient (Wildman–Crippen LogP) is 3.62. The molecule has 0 atom stereocenters. The molecule has 0 saturated heterocycles. The first-order valence-corrected chi connectivity index (χ1v) is 9.10. The summed E-state index contributed by atoms with van der Waals surface area (Å²) < 4.78 is 66.9. The van der Waals surface area contributed by atoms with E-state index in [-0.39, 0.29) is 12.1 Å². The molecular formula is C16H19F3N2O4S. The number of aromatic amines is 1. The van der Waals surface area contributed by atoms with Crippen molar-refractivity contribution >= 4 is 32.6 Å². The van der Waals surface area contributed by atoms with Gasteiger partial charge in [-0.1, -0.05) is 0 Å². The molecule has 0 radical (unpaired) electrons. The molecule has 2 aromatic rings. The van der Waals surface area contributed by atoms with Gasteiger partial charge in [0.1, 0.15) is 5.60 Å². The van der Waals surface area contributed by atoms with Crippen LogP contribution in [-0.4, -0.2) is 30.5 Å². The smallest absolute Gasteiger partial charge is 0.460 e. The Bertz CT molecular complexity index is 941. The van der Waals surface area contributed by atoms with Gasteiger partial charge in [-0.15, -0.1) is 0 Å². The highest BCUT2D eigenvalue weighted by atomic mass is 32.2. The second-order valence-corrected chi connectivity index (χ2v) is 8.48. The van der Waals surface area contributed by atoms with Gasteiger partial charge in [-0.2, -0.15) is 21.6 Å². The van der Waals surface area contributed by atoms with Crippen LogP contribution in [-0.2, 0) is 26.0 Å². The van der Waals surface area contributed by atoms with Gasteiger partial charge in [-0.05, 0) is 51.5 Å². The van der Waals surface area contributed by atoms with Gasteiger partial charge in [-0.25, -0.2) is 0 Å². The fraction of sp³-hybridized carbons (Fsp3) is 0.438. The first kappa shape index (κ1) is 20.1. The third-order valence-electron chi connectivity index (χ3n) is 3.42. The molecule has 144 valence electrons. The number of aryl methyl sites for hydroxylation is 1. The monoisotopic (exact) mass is 392 g/mol. The van der Waals surface area contributed by atoms with E-state index in [1.54, 1.807) is 27.7 Å². The zero-order valence-electron chi connectivity index (χ0n) is 14.6. The summed E-state index contributed by atoms with van der Waals surface area (Å²) in [4.78, 5) is 15.1. The number of carbonyl (C=O) groups is 1. The quantitative estimate of drug-likeness (QED) is 0.778. The number of anilines is 1. The van der Waals surface area contributed by atoms with Crippen molar-refractivity contribution < 1.29 is 31.1 Å². The molecule has 0 unspecified atom stereocenters. The van der Waals surface area contributed by atoms with Crippen molar-refractivity contribution in [3.05, 3.63) is 29.5 Å². The standard InChI is InChI=1S/C16H19F3N2O4S/c1-9-11(8-14(22)25-15(2,3)4)12-7-10(5-6-13(12)20-9)21-26(23,24)16(17,18)19/h5-7,20-21H,8H2,1-4H3. The lowest BCUT2D eigenvalue weighted by atomic mass is 10.1. The minimum atomic E-state index is -5.52. The molecule has 1 aromatic heterocycles. The van der Waals surface area contributed by atoms with Crippen molar-refractivity contribution in [3.63, 3.8) is 0 Å². The molecule has 0 bridgehead atoms. The number of esters is 1. The van der Waals surface area contributed by atoms with E-state index in [0.29, 0.717) is 22.2 Å². The van der Waals surface area contributed by atoms with Crippen molar-refractivity contribution in [3.8, 4) is 0 Å². The number of rotatable bonds is 4. The highest BCUT2D eigenvalue weighted by Gasteiger charge is 2.46. The molecule has 26 heavy (non-hydrogen) atoms. The summed E-state index contributed by atoms with van der Waals surface area (Å²) in [6.45, 7) is 6.87. The minimum Gasteiger partial charge on any atom is -0.460 e. The summed E-state index contributed by atoms with van der Waals surface area (Å²) in [5.74, 6) is -0.497. The lowest BCUT2D eigenvalue weighted by Crippen LogP contribution is -2.29. The Labute approximate surface area is 148 Å². The van der Waals surface area contributed by atoms with Crippen LogP contribution in [0.1, 0.15) is 32.0 Å². The third-order valence-corrected chi connectivity index (χ3v) is 4.53. The highest BCUT2D eigenvalue weighted by molar-refractivity contribution is 7.93. The van der Waals surface area contributed by atoms with Gasteiger partial charge in [0.15, 0.2) is 0 Å². The van der Waals surface area contributed by atoms with E-state index in [1.807, 2.05) is 0 Å². The average molecular weight is 392 g/mol. The van der Waals surface area contributed by atoms with E-state index >= 15 is 0 Å². The Morgan fingerprint density at radius 3 is 2.38 bits per heavy atom. The lowest BCUT2D eigenvalue weighted by Gasteiger charge is -2.19. The zero-order valence-corrected chi connectivity index (χ0v) is 15.4. The van der Waals surface area contributed by atoms with E-state index in [0.717, 1.165) is 0 Å². The predicted molar refractivity (Wildman–Crippen MR) is 91.2 cm³/mol. The van der Waals surface area contributed by atoms with Gasteiger partial charge >= 0.3 is 21.5 Å². The number of carbonyl (C=O) groups excluding carboxylic acids is 1. The first-order valence-electron chi connectivity index (χ1n) is 7.62. The van der Waals surface area contributed by atoms with Crippen LogP contribution in [0, 0.1) is 6.92 Å². The molecule has 2 N–H and O–H groups in total. The Kier molecular flexibility index (Phi) is 5.02. The van der Waals surface area contributed by atoms with Crippen LogP contribution in [0.15, 0.2) is 18.2 Å². The number of hydrogen-bond acceptors (Lipinski definition) is 4. The van der Waals surface area contributed by atoms with E-state index in [1.165, 1.54) is 22.9 Å². The van der Waals surface area contributed by atoms with Gasteiger partial charge in [0, 0.05) is 22.3 Å². The van der Waals surface area contributed by atoms with Crippen LogP contribution in [0.3, 0.4) is 0 Å². The molecule has 1 aromatic carbocycles. The largest absolute Gasteiger partial charge is 0.516 e. The maximum atomic E-state index is 12.5. The lowest BCUT2D eigenvalue weighted by molar-refractivity contribution is -0.153. The molecule has 2 rings (SSSR count). The topological polar surface area (TPSA) is 88.3 Å². The van der Waals surface area contributed by atoms with Crippen molar-refractivity contribution in [1.29, 1.82) is 0 Å². The molecular weight excluding hydrogens is 373 g/mol. The van der Waals surface area contributed by atoms with Gasteiger partial charge in [-0.3, -0.25) is 9.52 Å². The second-order valence-electron chi connectivity index (χ2n) is 6.80. The maximum Gasteiger partial charge on any atom is 0.516 e. The van der Waals surface area contributed by atoms with Crippen LogP contribution >= 0.6 is 0 Å². The molecule has 0 aliphatic carbocycles. The molecule has 0 aliphatic heterocycles. The number of ether oxygens (including phenoxy) is 1. The van der Waals surface area contributed by atoms with Crippen LogP contribution in [0.25, 0.3) is 10.9 Å². The van der Waals surface area contributed by atoms with Crippen LogP contribution in [0.5, 0.6) is 0 Å². The van der Waals surface area contributed by atoms with E-state index < -0.39 is 27.1 Å². The van der Waals surface area contributed by atoms with E-state index in [9.17, 15) is 26.4 Å². The summed E-state index contributed by atoms with van der Waals surface area (Å²) in [5, 5.41) is 0.440. The number of halogens is 3. The summed E-state index contributed by atoms with van der Waals surface area (Å²) in [5.41, 5.74) is -4.61. The van der Waals surface area contributed by atoms with Gasteiger partial charge < -0.3 is 9.72 Å². The number of H-pyrrole nitrogens is 1. The Balaban J connectivity index is 2.38. The van der Waals surface area contributed by atoms with E-state index in [4.69, 9.17) is 4.74 Å². The Morgan fingerprint density at radius 1 is 1.23 bits per heavy atom.